The molecule has 0 saturated heterocycles. The number of anilines is 2. The van der Waals surface area contributed by atoms with E-state index in [1.165, 1.54) is 12.8 Å². The summed E-state index contributed by atoms with van der Waals surface area (Å²) in [5.41, 5.74) is 1.79. The molecule has 18 heavy (non-hydrogen) atoms. The number of aromatic nitrogens is 1. The lowest BCUT2D eigenvalue weighted by molar-refractivity contribution is 0.155. The van der Waals surface area contributed by atoms with Crippen LogP contribution in [0.2, 0.25) is 0 Å². The molecule has 1 saturated carbocycles. The Kier molecular flexibility index (Phi) is 4.07. The van der Waals surface area contributed by atoms with Gasteiger partial charge in [0.25, 0.3) is 0 Å². The Hall–Kier alpha value is -1.29. The van der Waals surface area contributed by atoms with Gasteiger partial charge in [0, 0.05) is 7.05 Å². The van der Waals surface area contributed by atoms with E-state index in [0.717, 1.165) is 30.1 Å². The molecule has 100 valence electrons. The maximum atomic E-state index is 9.72. The Balaban J connectivity index is 2.09. The van der Waals surface area contributed by atoms with Gasteiger partial charge < -0.3 is 15.7 Å². The molecule has 2 rings (SSSR count). The maximum Gasteiger partial charge on any atom is 0.0661 e. The quantitative estimate of drug-likeness (QED) is 0.767. The summed E-state index contributed by atoms with van der Waals surface area (Å²) >= 11 is 0. The van der Waals surface area contributed by atoms with Crippen LogP contribution in [0, 0.1) is 5.92 Å². The van der Waals surface area contributed by atoms with Crippen LogP contribution in [0.25, 0.3) is 0 Å². The molecule has 0 spiro atoms. The van der Waals surface area contributed by atoms with Crippen molar-refractivity contribution in [3.05, 3.63) is 18.5 Å². The van der Waals surface area contributed by atoms with E-state index in [9.17, 15) is 5.11 Å². The summed E-state index contributed by atoms with van der Waals surface area (Å²) in [5.74, 6) is 0.772. The van der Waals surface area contributed by atoms with Gasteiger partial charge in [-0.3, -0.25) is 4.98 Å². The van der Waals surface area contributed by atoms with Gasteiger partial charge in [-0.25, -0.2) is 0 Å². The summed E-state index contributed by atoms with van der Waals surface area (Å²) in [4.78, 5) is 4.19. The van der Waals surface area contributed by atoms with Gasteiger partial charge in [0.05, 0.1) is 35.9 Å². The summed E-state index contributed by atoms with van der Waals surface area (Å²) in [6, 6.07) is 2.03. The molecule has 4 heteroatoms. The molecule has 3 N–H and O–H groups in total. The van der Waals surface area contributed by atoms with Crippen molar-refractivity contribution >= 4 is 11.4 Å². The summed E-state index contributed by atoms with van der Waals surface area (Å²) < 4.78 is 0. The van der Waals surface area contributed by atoms with Gasteiger partial charge in [-0.15, -0.1) is 0 Å². The molecule has 1 aliphatic carbocycles. The summed E-state index contributed by atoms with van der Waals surface area (Å²) in [5, 5.41) is 16.3. The highest BCUT2D eigenvalue weighted by Crippen LogP contribution is 2.34. The van der Waals surface area contributed by atoms with Crippen LogP contribution >= 0.6 is 0 Å². The van der Waals surface area contributed by atoms with Gasteiger partial charge >= 0.3 is 0 Å². The second-order valence-corrected chi connectivity index (χ2v) is 5.46. The number of nitrogens with zero attached hydrogens (tertiary/aromatic N) is 1. The zero-order valence-electron chi connectivity index (χ0n) is 11.2. The molecule has 1 heterocycles. The molecule has 0 aliphatic heterocycles. The van der Waals surface area contributed by atoms with Crippen LogP contribution in [-0.4, -0.2) is 29.3 Å². The Labute approximate surface area is 109 Å². The summed E-state index contributed by atoms with van der Waals surface area (Å²) in [7, 11) is 1.88. The molecule has 0 amide bonds. The van der Waals surface area contributed by atoms with Crippen LogP contribution in [0.15, 0.2) is 18.5 Å². The van der Waals surface area contributed by atoms with Crippen molar-refractivity contribution in [1.82, 2.24) is 4.98 Å². The summed E-state index contributed by atoms with van der Waals surface area (Å²) in [6.45, 7) is 2.47. The van der Waals surface area contributed by atoms with Crippen LogP contribution in [-0.2, 0) is 0 Å². The Bertz CT molecular complexity index is 386. The number of rotatable bonds is 4. The van der Waals surface area contributed by atoms with Gasteiger partial charge in [-0.1, -0.05) is 6.92 Å². The molecule has 0 bridgehead atoms. The molecule has 0 atom stereocenters. The Morgan fingerprint density at radius 2 is 2.00 bits per heavy atom. The largest absolute Gasteiger partial charge is 0.394 e. The third-order valence-corrected chi connectivity index (χ3v) is 3.97. The van der Waals surface area contributed by atoms with Crippen LogP contribution in [0.3, 0.4) is 0 Å². The molecular formula is C14H23N3O. The van der Waals surface area contributed by atoms with Crippen molar-refractivity contribution in [3.8, 4) is 0 Å². The fourth-order valence-electron chi connectivity index (χ4n) is 2.59. The number of aliphatic hydroxyl groups excluding tert-OH is 1. The SMILES string of the molecule is CNc1cncc(NC2(CO)CCC(C)CC2)c1. The second kappa shape index (κ2) is 5.57. The lowest BCUT2D eigenvalue weighted by Gasteiger charge is -2.39. The van der Waals surface area contributed by atoms with Crippen LogP contribution in [0.4, 0.5) is 11.4 Å². The molecule has 0 radical (unpaired) electrons. The molecule has 1 aliphatic rings. The van der Waals surface area contributed by atoms with Crippen LogP contribution in [0.1, 0.15) is 32.6 Å². The Morgan fingerprint density at radius 1 is 1.33 bits per heavy atom. The van der Waals surface area contributed by atoms with E-state index in [4.69, 9.17) is 0 Å². The van der Waals surface area contributed by atoms with Crippen molar-refractivity contribution in [2.24, 2.45) is 5.92 Å². The first kappa shape index (κ1) is 13.1. The highest BCUT2D eigenvalue weighted by molar-refractivity contribution is 5.54. The van der Waals surface area contributed by atoms with Crippen LogP contribution < -0.4 is 10.6 Å². The molecular weight excluding hydrogens is 226 g/mol. The fourth-order valence-corrected chi connectivity index (χ4v) is 2.59. The van der Waals surface area contributed by atoms with Crippen molar-refractivity contribution in [2.75, 3.05) is 24.3 Å². The summed E-state index contributed by atoms with van der Waals surface area (Å²) in [6.07, 6.45) is 8.00. The first-order valence-electron chi connectivity index (χ1n) is 6.69. The van der Waals surface area contributed by atoms with E-state index in [1.54, 1.807) is 6.20 Å². The second-order valence-electron chi connectivity index (χ2n) is 5.46. The van der Waals surface area contributed by atoms with Crippen LogP contribution in [0.5, 0.6) is 0 Å². The van der Waals surface area contributed by atoms with E-state index in [0.29, 0.717) is 0 Å². The van der Waals surface area contributed by atoms with Gasteiger partial charge in [0.15, 0.2) is 0 Å². The van der Waals surface area contributed by atoms with E-state index in [2.05, 4.69) is 22.5 Å². The predicted molar refractivity (Wildman–Crippen MR) is 74.9 cm³/mol. The number of hydrogen-bond donors (Lipinski definition) is 3. The molecule has 1 aromatic heterocycles. The van der Waals surface area contributed by atoms with Gasteiger partial charge in [0.2, 0.25) is 0 Å². The maximum absolute atomic E-state index is 9.72. The zero-order chi connectivity index (χ0) is 13.0. The van der Waals surface area contributed by atoms with Crippen molar-refractivity contribution in [3.63, 3.8) is 0 Å². The van der Waals surface area contributed by atoms with E-state index in [1.807, 2.05) is 19.3 Å². The average molecular weight is 249 g/mol. The average Bonchev–Trinajstić information content (AvgIpc) is 2.42. The monoisotopic (exact) mass is 249 g/mol. The lowest BCUT2D eigenvalue weighted by atomic mass is 9.77. The molecule has 4 nitrogen and oxygen atoms in total. The molecule has 0 unspecified atom stereocenters. The van der Waals surface area contributed by atoms with Crippen molar-refractivity contribution in [2.45, 2.75) is 38.1 Å². The molecule has 1 aromatic rings. The molecule has 0 aromatic carbocycles. The normalized spacial score (nSPS) is 27.8. The first-order chi connectivity index (χ1) is 8.67. The van der Waals surface area contributed by atoms with Gasteiger partial charge in [-0.2, -0.15) is 0 Å². The zero-order valence-corrected chi connectivity index (χ0v) is 11.2. The number of pyridine rings is 1. The fraction of sp³-hybridized carbons (Fsp3) is 0.643. The minimum Gasteiger partial charge on any atom is -0.394 e. The van der Waals surface area contributed by atoms with E-state index < -0.39 is 0 Å². The smallest absolute Gasteiger partial charge is 0.0661 e. The third-order valence-electron chi connectivity index (χ3n) is 3.97. The van der Waals surface area contributed by atoms with E-state index >= 15 is 0 Å². The Morgan fingerprint density at radius 3 is 2.61 bits per heavy atom. The minimum absolute atomic E-state index is 0.166. The minimum atomic E-state index is -0.166. The van der Waals surface area contributed by atoms with Gasteiger partial charge in [0.1, 0.15) is 0 Å². The topological polar surface area (TPSA) is 57.2 Å². The van der Waals surface area contributed by atoms with Crippen molar-refractivity contribution in [1.29, 1.82) is 0 Å². The lowest BCUT2D eigenvalue weighted by Crippen LogP contribution is -2.45. The van der Waals surface area contributed by atoms with E-state index in [-0.39, 0.29) is 12.1 Å². The number of hydrogen-bond acceptors (Lipinski definition) is 4. The molecule has 1 fully saturated rings. The number of nitrogens with one attached hydrogen (secondary N) is 2. The highest BCUT2D eigenvalue weighted by Gasteiger charge is 2.33. The van der Waals surface area contributed by atoms with Crippen molar-refractivity contribution < 1.29 is 5.11 Å². The standard InChI is InChI=1S/C14H23N3O/c1-11-3-5-14(10-18,6-4-11)17-13-7-12(15-2)8-16-9-13/h7-9,11,15,17-18H,3-6,10H2,1-2H3. The first-order valence-corrected chi connectivity index (χ1v) is 6.69. The number of aliphatic hydroxyl groups is 1. The predicted octanol–water partition coefficient (Wildman–Crippen LogP) is 2.48. The van der Waals surface area contributed by atoms with Gasteiger partial charge in [-0.05, 0) is 37.7 Å². The highest BCUT2D eigenvalue weighted by atomic mass is 16.3. The third kappa shape index (κ3) is 2.93.